The molecule has 23 heavy (non-hydrogen) atoms. The lowest BCUT2D eigenvalue weighted by atomic mass is 9.78. The molecule has 0 unspecified atom stereocenters. The predicted octanol–water partition coefficient (Wildman–Crippen LogP) is 4.01. The molecule has 1 fully saturated rings. The van der Waals surface area contributed by atoms with Gasteiger partial charge in [-0.15, -0.1) is 0 Å². The summed E-state index contributed by atoms with van der Waals surface area (Å²) in [6, 6.07) is 9.79. The quantitative estimate of drug-likeness (QED) is 0.631. The maximum Gasteiger partial charge on any atom is 0.262 e. The molecular formula is C18H21N3OS. The zero-order valence-electron chi connectivity index (χ0n) is 13.5. The third-order valence-electron chi connectivity index (χ3n) is 5.04. The lowest BCUT2D eigenvalue weighted by Crippen LogP contribution is -2.35. The van der Waals surface area contributed by atoms with Crippen molar-refractivity contribution < 1.29 is 0 Å². The van der Waals surface area contributed by atoms with Crippen LogP contribution in [0.2, 0.25) is 0 Å². The number of nitriles is 1. The van der Waals surface area contributed by atoms with E-state index in [1.54, 1.807) is 0 Å². The summed E-state index contributed by atoms with van der Waals surface area (Å²) < 4.78 is 1.87. The van der Waals surface area contributed by atoms with Crippen LogP contribution in [0.15, 0.2) is 34.2 Å². The smallest absolute Gasteiger partial charge is 0.262 e. The van der Waals surface area contributed by atoms with E-state index in [-0.39, 0.29) is 11.6 Å². The first-order chi connectivity index (χ1) is 11.1. The highest BCUT2D eigenvalue weighted by molar-refractivity contribution is 7.99. The molecule has 0 radical (unpaired) electrons. The lowest BCUT2D eigenvalue weighted by molar-refractivity contribution is 0.173. The van der Waals surface area contributed by atoms with Crippen LogP contribution in [0.1, 0.15) is 39.2 Å². The van der Waals surface area contributed by atoms with Crippen LogP contribution in [0.4, 0.5) is 0 Å². The molecule has 1 aliphatic carbocycles. The highest BCUT2D eigenvalue weighted by Crippen LogP contribution is 2.38. The van der Waals surface area contributed by atoms with Crippen molar-refractivity contribution in [2.75, 3.05) is 5.75 Å². The van der Waals surface area contributed by atoms with Crippen molar-refractivity contribution in [3.05, 3.63) is 34.6 Å². The van der Waals surface area contributed by atoms with Crippen molar-refractivity contribution in [2.24, 2.45) is 11.8 Å². The van der Waals surface area contributed by atoms with E-state index in [0.717, 1.165) is 12.8 Å². The molecule has 2 aromatic rings. The van der Waals surface area contributed by atoms with Gasteiger partial charge in [0.25, 0.3) is 5.56 Å². The maximum atomic E-state index is 13.1. The van der Waals surface area contributed by atoms with Gasteiger partial charge < -0.3 is 0 Å². The second kappa shape index (κ2) is 6.76. The highest BCUT2D eigenvalue weighted by Gasteiger charge is 2.31. The molecule has 0 spiro atoms. The maximum absolute atomic E-state index is 13.1. The highest BCUT2D eigenvalue weighted by atomic mass is 32.2. The van der Waals surface area contributed by atoms with Crippen molar-refractivity contribution in [1.29, 1.82) is 5.26 Å². The third kappa shape index (κ3) is 3.00. The Bertz CT molecular complexity index is 808. The molecule has 0 bridgehead atoms. The van der Waals surface area contributed by atoms with Gasteiger partial charge in [0.2, 0.25) is 0 Å². The van der Waals surface area contributed by atoms with Gasteiger partial charge in [-0.3, -0.25) is 9.36 Å². The molecule has 0 saturated heterocycles. The second-order valence-electron chi connectivity index (χ2n) is 6.37. The topological polar surface area (TPSA) is 58.7 Å². The van der Waals surface area contributed by atoms with Crippen LogP contribution < -0.4 is 5.56 Å². The minimum absolute atomic E-state index is 0.0296. The summed E-state index contributed by atoms with van der Waals surface area (Å²) in [6.45, 7) is 4.49. The lowest BCUT2D eigenvalue weighted by Gasteiger charge is -2.36. The van der Waals surface area contributed by atoms with E-state index in [4.69, 9.17) is 5.26 Å². The fraction of sp³-hybridized carbons (Fsp3) is 0.500. The standard InChI is InChI=1S/C18H21N3OS/c1-12-6-5-9-16(13(12)2)21-17(22)14-7-3-4-8-15(14)20-18(21)23-11-10-19/h3-4,7-8,12-13,16H,5-6,9,11H2,1-2H3/t12-,13+,16-/m0/s1. The molecule has 120 valence electrons. The average molecular weight is 327 g/mol. The van der Waals surface area contributed by atoms with Crippen LogP contribution in [-0.4, -0.2) is 15.3 Å². The molecule has 5 heteroatoms. The number of hydrogen-bond acceptors (Lipinski definition) is 4. The average Bonchev–Trinajstić information content (AvgIpc) is 2.56. The summed E-state index contributed by atoms with van der Waals surface area (Å²) in [4.78, 5) is 17.8. The van der Waals surface area contributed by atoms with Crippen LogP contribution in [0.25, 0.3) is 10.9 Å². The van der Waals surface area contributed by atoms with Gasteiger partial charge in [0.15, 0.2) is 5.16 Å². The van der Waals surface area contributed by atoms with E-state index in [9.17, 15) is 4.79 Å². The van der Waals surface area contributed by atoms with E-state index in [2.05, 4.69) is 24.9 Å². The van der Waals surface area contributed by atoms with Crippen LogP contribution in [0.5, 0.6) is 0 Å². The van der Waals surface area contributed by atoms with Gasteiger partial charge in [0, 0.05) is 6.04 Å². The Morgan fingerprint density at radius 2 is 2.13 bits per heavy atom. The summed E-state index contributed by atoms with van der Waals surface area (Å²) >= 11 is 1.36. The molecule has 3 atom stereocenters. The molecule has 1 saturated carbocycles. The van der Waals surface area contributed by atoms with Crippen molar-refractivity contribution >= 4 is 22.7 Å². The summed E-state index contributed by atoms with van der Waals surface area (Å²) in [5.41, 5.74) is 0.743. The van der Waals surface area contributed by atoms with E-state index in [0.29, 0.717) is 33.6 Å². The first-order valence-electron chi connectivity index (χ1n) is 8.14. The SMILES string of the molecule is C[C@@H]1[C@@H](C)CCC[C@@H]1n1c(SCC#N)nc2ccccc2c1=O. The molecule has 1 aromatic heterocycles. The third-order valence-corrected chi connectivity index (χ3v) is 5.86. The normalized spacial score (nSPS) is 24.5. The van der Waals surface area contributed by atoms with Crippen molar-refractivity contribution in [2.45, 2.75) is 44.3 Å². The fourth-order valence-corrected chi connectivity index (χ4v) is 4.25. The zero-order chi connectivity index (χ0) is 16.4. The zero-order valence-corrected chi connectivity index (χ0v) is 14.3. The van der Waals surface area contributed by atoms with Crippen molar-refractivity contribution in [3.8, 4) is 6.07 Å². The number of nitrogens with zero attached hydrogens (tertiary/aromatic N) is 3. The largest absolute Gasteiger partial charge is 0.284 e. The van der Waals surface area contributed by atoms with Gasteiger partial charge in [0.05, 0.1) is 22.7 Å². The molecule has 0 aliphatic heterocycles. The predicted molar refractivity (Wildman–Crippen MR) is 93.6 cm³/mol. The second-order valence-corrected chi connectivity index (χ2v) is 7.31. The van der Waals surface area contributed by atoms with E-state index in [1.165, 1.54) is 18.2 Å². The first-order valence-corrected chi connectivity index (χ1v) is 9.13. The van der Waals surface area contributed by atoms with Gasteiger partial charge in [-0.25, -0.2) is 4.98 Å². The van der Waals surface area contributed by atoms with Gasteiger partial charge in [-0.05, 0) is 30.4 Å². The number of thioether (sulfide) groups is 1. The van der Waals surface area contributed by atoms with Gasteiger partial charge in [-0.1, -0.05) is 50.6 Å². The Balaban J connectivity index is 2.18. The molecule has 1 aromatic carbocycles. The van der Waals surface area contributed by atoms with Crippen molar-refractivity contribution in [1.82, 2.24) is 9.55 Å². The summed E-state index contributed by atoms with van der Waals surface area (Å²) in [7, 11) is 0. The van der Waals surface area contributed by atoms with E-state index in [1.807, 2.05) is 28.8 Å². The monoisotopic (exact) mass is 327 g/mol. The molecule has 0 amide bonds. The Morgan fingerprint density at radius 3 is 2.91 bits per heavy atom. The van der Waals surface area contributed by atoms with E-state index < -0.39 is 0 Å². The van der Waals surface area contributed by atoms with Crippen LogP contribution in [0, 0.1) is 23.2 Å². The van der Waals surface area contributed by atoms with Gasteiger partial charge in [-0.2, -0.15) is 5.26 Å². The number of fused-ring (bicyclic) bond motifs is 1. The van der Waals surface area contributed by atoms with E-state index >= 15 is 0 Å². The number of para-hydroxylation sites is 1. The number of benzene rings is 1. The first kappa shape index (κ1) is 16.1. The Hall–Kier alpha value is -1.80. The van der Waals surface area contributed by atoms with Gasteiger partial charge >= 0.3 is 0 Å². The molecule has 0 N–H and O–H groups in total. The fourth-order valence-electron chi connectivity index (χ4n) is 3.53. The molecule has 1 heterocycles. The van der Waals surface area contributed by atoms with Crippen molar-refractivity contribution in [3.63, 3.8) is 0 Å². The Labute approximate surface area is 140 Å². The number of rotatable bonds is 3. The minimum Gasteiger partial charge on any atom is -0.284 e. The molecule has 3 rings (SSSR count). The van der Waals surface area contributed by atoms with Crippen LogP contribution in [0.3, 0.4) is 0 Å². The molecular weight excluding hydrogens is 306 g/mol. The summed E-state index contributed by atoms with van der Waals surface area (Å²) in [6.07, 6.45) is 3.36. The molecule has 4 nitrogen and oxygen atoms in total. The molecule has 1 aliphatic rings. The van der Waals surface area contributed by atoms with Gasteiger partial charge in [0.1, 0.15) is 0 Å². The number of aromatic nitrogens is 2. The van der Waals surface area contributed by atoms with Crippen LogP contribution >= 0.6 is 11.8 Å². The Kier molecular flexibility index (Phi) is 4.72. The summed E-state index contributed by atoms with van der Waals surface area (Å²) in [5.74, 6) is 1.34. The number of hydrogen-bond donors (Lipinski definition) is 0. The summed E-state index contributed by atoms with van der Waals surface area (Å²) in [5, 5.41) is 10.3. The Morgan fingerprint density at radius 1 is 1.35 bits per heavy atom. The minimum atomic E-state index is 0.0296. The van der Waals surface area contributed by atoms with Crippen LogP contribution in [-0.2, 0) is 0 Å².